The van der Waals surface area contributed by atoms with Crippen LogP contribution in [0.3, 0.4) is 0 Å². The molecule has 0 atom stereocenters. The summed E-state index contributed by atoms with van der Waals surface area (Å²) in [6.45, 7) is 5.92. The Hall–Kier alpha value is -1.35. The third-order valence-corrected chi connectivity index (χ3v) is 2.16. The largest absolute Gasteiger partial charge is 0.380 e. The van der Waals surface area contributed by atoms with Crippen LogP contribution in [0.1, 0.15) is 29.3 Å². The molecule has 0 spiro atoms. The van der Waals surface area contributed by atoms with E-state index in [1.54, 1.807) is 0 Å². The molecule has 0 fully saturated rings. The first-order valence-corrected chi connectivity index (χ1v) is 5.66. The van der Waals surface area contributed by atoms with Crippen molar-refractivity contribution in [2.24, 2.45) is 0 Å². The molecule has 1 N–H and O–H groups in total. The summed E-state index contributed by atoms with van der Waals surface area (Å²) in [4.78, 5) is 11.7. The lowest BCUT2D eigenvalue weighted by Gasteiger charge is -2.06. The lowest BCUT2D eigenvalue weighted by atomic mass is 10.1. The Kier molecular flexibility index (Phi) is 5.57. The zero-order chi connectivity index (χ0) is 11.8. The predicted octanol–water partition coefficient (Wildman–Crippen LogP) is 2.15. The number of ether oxygens (including phenoxy) is 1. The van der Waals surface area contributed by atoms with E-state index < -0.39 is 0 Å². The molecule has 0 aliphatic heterocycles. The first-order valence-electron chi connectivity index (χ1n) is 5.66. The second-order valence-corrected chi connectivity index (χ2v) is 3.74. The van der Waals surface area contributed by atoms with Gasteiger partial charge in [-0.05, 0) is 25.5 Å². The molecule has 0 aliphatic carbocycles. The molecule has 16 heavy (non-hydrogen) atoms. The summed E-state index contributed by atoms with van der Waals surface area (Å²) in [5, 5.41) is 2.82. The highest BCUT2D eigenvalue weighted by Crippen LogP contribution is 2.03. The summed E-state index contributed by atoms with van der Waals surface area (Å²) in [6, 6.07) is 7.55. The minimum Gasteiger partial charge on any atom is -0.380 e. The molecule has 88 valence electrons. The molecule has 0 bridgehead atoms. The Balaban J connectivity index is 2.30. The van der Waals surface area contributed by atoms with Gasteiger partial charge in [0.15, 0.2) is 0 Å². The van der Waals surface area contributed by atoms with Gasteiger partial charge < -0.3 is 10.1 Å². The summed E-state index contributed by atoms with van der Waals surface area (Å²) >= 11 is 0. The molecule has 0 saturated carbocycles. The van der Waals surface area contributed by atoms with Crippen LogP contribution in [0.4, 0.5) is 0 Å². The smallest absolute Gasteiger partial charge is 0.251 e. The van der Waals surface area contributed by atoms with Gasteiger partial charge in [0.25, 0.3) is 5.91 Å². The normalized spacial score (nSPS) is 10.1. The highest BCUT2D eigenvalue weighted by molar-refractivity contribution is 5.94. The zero-order valence-corrected chi connectivity index (χ0v) is 9.95. The quantitative estimate of drug-likeness (QED) is 0.747. The molecular weight excluding hydrogens is 202 g/mol. The monoisotopic (exact) mass is 221 g/mol. The molecule has 1 amide bonds. The molecule has 3 heteroatoms. The molecule has 0 radical (unpaired) electrons. The van der Waals surface area contributed by atoms with Gasteiger partial charge in [-0.2, -0.15) is 0 Å². The lowest BCUT2D eigenvalue weighted by molar-refractivity contribution is 0.0915. The molecule has 1 rings (SSSR count). The van der Waals surface area contributed by atoms with E-state index in [4.69, 9.17) is 4.74 Å². The Labute approximate surface area is 96.8 Å². The fourth-order valence-electron chi connectivity index (χ4n) is 1.37. The maximum Gasteiger partial charge on any atom is 0.251 e. The van der Waals surface area contributed by atoms with E-state index in [2.05, 4.69) is 12.2 Å². The maximum atomic E-state index is 11.7. The Morgan fingerprint density at radius 1 is 1.38 bits per heavy atom. The van der Waals surface area contributed by atoms with Gasteiger partial charge in [-0.1, -0.05) is 24.6 Å². The maximum absolute atomic E-state index is 11.7. The third-order valence-electron chi connectivity index (χ3n) is 2.16. The third kappa shape index (κ3) is 4.45. The van der Waals surface area contributed by atoms with Crippen LogP contribution in [0.15, 0.2) is 24.3 Å². The highest BCUT2D eigenvalue weighted by Gasteiger charge is 2.03. The highest BCUT2D eigenvalue weighted by atomic mass is 16.5. The lowest BCUT2D eigenvalue weighted by Crippen LogP contribution is -2.27. The van der Waals surface area contributed by atoms with Crippen LogP contribution in [0.25, 0.3) is 0 Å². The van der Waals surface area contributed by atoms with Crippen LogP contribution in [0.5, 0.6) is 0 Å². The van der Waals surface area contributed by atoms with Crippen molar-refractivity contribution in [1.82, 2.24) is 5.32 Å². The molecule has 0 saturated heterocycles. The SMILES string of the molecule is CCCOCCNC(=O)c1cccc(C)c1. The van der Waals surface area contributed by atoms with Crippen molar-refractivity contribution in [3.63, 3.8) is 0 Å². The summed E-state index contributed by atoms with van der Waals surface area (Å²) in [5.41, 5.74) is 1.80. The summed E-state index contributed by atoms with van der Waals surface area (Å²) in [7, 11) is 0. The van der Waals surface area contributed by atoms with Gasteiger partial charge in [0, 0.05) is 18.7 Å². The van der Waals surface area contributed by atoms with Crippen molar-refractivity contribution in [1.29, 1.82) is 0 Å². The van der Waals surface area contributed by atoms with Crippen LogP contribution in [0.2, 0.25) is 0 Å². The number of hydrogen-bond donors (Lipinski definition) is 1. The summed E-state index contributed by atoms with van der Waals surface area (Å²) in [6.07, 6.45) is 1.01. The minimum absolute atomic E-state index is 0.0381. The molecule has 0 aromatic heterocycles. The number of aryl methyl sites for hydroxylation is 1. The van der Waals surface area contributed by atoms with E-state index in [-0.39, 0.29) is 5.91 Å². The number of nitrogens with one attached hydrogen (secondary N) is 1. The molecular formula is C13H19NO2. The topological polar surface area (TPSA) is 38.3 Å². The number of amides is 1. The van der Waals surface area contributed by atoms with Crippen molar-refractivity contribution in [3.8, 4) is 0 Å². The first-order chi connectivity index (χ1) is 7.74. The van der Waals surface area contributed by atoms with Gasteiger partial charge in [0.1, 0.15) is 0 Å². The van der Waals surface area contributed by atoms with Crippen molar-refractivity contribution in [3.05, 3.63) is 35.4 Å². The van der Waals surface area contributed by atoms with Gasteiger partial charge in [-0.15, -0.1) is 0 Å². The van der Waals surface area contributed by atoms with Crippen molar-refractivity contribution >= 4 is 5.91 Å². The summed E-state index contributed by atoms with van der Waals surface area (Å²) < 4.78 is 5.28. The average molecular weight is 221 g/mol. The van der Waals surface area contributed by atoms with E-state index in [9.17, 15) is 4.79 Å². The number of hydrogen-bond acceptors (Lipinski definition) is 2. The van der Waals surface area contributed by atoms with Crippen molar-refractivity contribution in [2.75, 3.05) is 19.8 Å². The predicted molar refractivity (Wildman–Crippen MR) is 64.6 cm³/mol. The van der Waals surface area contributed by atoms with Crippen LogP contribution in [0, 0.1) is 6.92 Å². The summed E-state index contributed by atoms with van der Waals surface area (Å²) in [5.74, 6) is -0.0381. The fraction of sp³-hybridized carbons (Fsp3) is 0.462. The van der Waals surface area contributed by atoms with E-state index in [0.29, 0.717) is 18.7 Å². The molecule has 1 aromatic rings. The number of carbonyl (C=O) groups excluding carboxylic acids is 1. The van der Waals surface area contributed by atoms with Crippen LogP contribution in [-0.4, -0.2) is 25.7 Å². The molecule has 0 unspecified atom stereocenters. The number of benzene rings is 1. The second-order valence-electron chi connectivity index (χ2n) is 3.74. The Morgan fingerprint density at radius 3 is 2.88 bits per heavy atom. The zero-order valence-electron chi connectivity index (χ0n) is 9.95. The van der Waals surface area contributed by atoms with Gasteiger partial charge in [0.05, 0.1) is 6.61 Å². The van der Waals surface area contributed by atoms with Crippen LogP contribution < -0.4 is 5.32 Å². The van der Waals surface area contributed by atoms with Gasteiger partial charge >= 0.3 is 0 Å². The minimum atomic E-state index is -0.0381. The average Bonchev–Trinajstić information content (AvgIpc) is 2.28. The standard InChI is InChI=1S/C13H19NO2/c1-3-8-16-9-7-14-13(15)12-6-4-5-11(2)10-12/h4-6,10H,3,7-9H2,1-2H3,(H,14,15). The Bertz CT molecular complexity index is 336. The van der Waals surface area contributed by atoms with Crippen molar-refractivity contribution < 1.29 is 9.53 Å². The molecule has 0 aliphatic rings. The first kappa shape index (κ1) is 12.7. The van der Waals surface area contributed by atoms with E-state index >= 15 is 0 Å². The van der Waals surface area contributed by atoms with Gasteiger partial charge in [-0.3, -0.25) is 4.79 Å². The van der Waals surface area contributed by atoms with Gasteiger partial charge in [0.2, 0.25) is 0 Å². The fourth-order valence-corrected chi connectivity index (χ4v) is 1.37. The number of carbonyl (C=O) groups is 1. The molecule has 3 nitrogen and oxygen atoms in total. The van der Waals surface area contributed by atoms with Gasteiger partial charge in [-0.25, -0.2) is 0 Å². The van der Waals surface area contributed by atoms with Crippen LogP contribution in [-0.2, 0) is 4.74 Å². The van der Waals surface area contributed by atoms with E-state index in [1.807, 2.05) is 31.2 Å². The molecule has 1 aromatic carbocycles. The van der Waals surface area contributed by atoms with Crippen molar-refractivity contribution in [2.45, 2.75) is 20.3 Å². The van der Waals surface area contributed by atoms with Crippen LogP contribution >= 0.6 is 0 Å². The second kappa shape index (κ2) is 7.01. The number of rotatable bonds is 6. The Morgan fingerprint density at radius 2 is 2.19 bits per heavy atom. The van der Waals surface area contributed by atoms with E-state index in [0.717, 1.165) is 18.6 Å². The van der Waals surface area contributed by atoms with E-state index in [1.165, 1.54) is 0 Å². The molecule has 0 heterocycles.